The average Bonchev–Trinajstić information content (AvgIpc) is 3.06. The molecule has 0 bridgehead atoms. The molecule has 0 saturated carbocycles. The number of hydrogen-bond acceptors (Lipinski definition) is 5. The number of aromatic nitrogens is 1. The third kappa shape index (κ3) is 4.54. The normalized spacial score (nSPS) is 10.8. The first-order valence-corrected chi connectivity index (χ1v) is 9.16. The van der Waals surface area contributed by atoms with E-state index in [1.807, 2.05) is 49.4 Å². The number of anilines is 1. The Morgan fingerprint density at radius 3 is 2.52 bits per heavy atom. The Morgan fingerprint density at radius 2 is 1.81 bits per heavy atom. The SMILES string of the molecule is COc1ccc(/C=C\C(=O)Nc2nc(-c3ccccc3)c(C)s2)cc1OC. The minimum absolute atomic E-state index is 0.238. The molecule has 0 aliphatic rings. The van der Waals surface area contributed by atoms with Gasteiger partial charge in [0.2, 0.25) is 5.91 Å². The van der Waals surface area contributed by atoms with Crippen molar-refractivity contribution in [2.45, 2.75) is 6.92 Å². The van der Waals surface area contributed by atoms with Gasteiger partial charge in [-0.1, -0.05) is 36.4 Å². The van der Waals surface area contributed by atoms with E-state index >= 15 is 0 Å². The number of thiazole rings is 1. The lowest BCUT2D eigenvalue weighted by molar-refractivity contribution is -0.111. The zero-order valence-electron chi connectivity index (χ0n) is 15.4. The van der Waals surface area contributed by atoms with Crippen LogP contribution in [0.4, 0.5) is 5.13 Å². The third-order valence-corrected chi connectivity index (χ3v) is 4.79. The van der Waals surface area contributed by atoms with Crippen LogP contribution in [0.2, 0.25) is 0 Å². The zero-order chi connectivity index (χ0) is 19.2. The van der Waals surface area contributed by atoms with Gasteiger partial charge < -0.3 is 9.47 Å². The van der Waals surface area contributed by atoms with Crippen LogP contribution >= 0.6 is 11.3 Å². The summed E-state index contributed by atoms with van der Waals surface area (Å²) in [5.41, 5.74) is 2.76. The van der Waals surface area contributed by atoms with Crippen LogP contribution in [0.25, 0.3) is 17.3 Å². The highest BCUT2D eigenvalue weighted by molar-refractivity contribution is 7.16. The summed E-state index contributed by atoms with van der Waals surface area (Å²) in [5, 5.41) is 3.40. The molecule has 3 aromatic rings. The van der Waals surface area contributed by atoms with Gasteiger partial charge in [0.15, 0.2) is 16.6 Å². The van der Waals surface area contributed by atoms with Crippen LogP contribution in [0.5, 0.6) is 11.5 Å². The van der Waals surface area contributed by atoms with E-state index in [1.165, 1.54) is 17.4 Å². The maximum Gasteiger partial charge on any atom is 0.250 e. The Kier molecular flexibility index (Phi) is 5.88. The van der Waals surface area contributed by atoms with E-state index in [0.717, 1.165) is 21.7 Å². The lowest BCUT2D eigenvalue weighted by Crippen LogP contribution is -2.07. The number of benzene rings is 2. The quantitative estimate of drug-likeness (QED) is 0.625. The molecule has 138 valence electrons. The summed E-state index contributed by atoms with van der Waals surface area (Å²) in [7, 11) is 3.16. The predicted octanol–water partition coefficient (Wildman–Crippen LogP) is 4.79. The molecule has 0 atom stereocenters. The highest BCUT2D eigenvalue weighted by Crippen LogP contribution is 2.30. The molecular weight excluding hydrogens is 360 g/mol. The van der Waals surface area contributed by atoms with E-state index in [0.29, 0.717) is 16.6 Å². The smallest absolute Gasteiger partial charge is 0.250 e. The molecular formula is C21H20N2O3S. The summed E-state index contributed by atoms with van der Waals surface area (Å²) in [6.45, 7) is 2.00. The van der Waals surface area contributed by atoms with Crippen molar-refractivity contribution >= 4 is 28.5 Å². The number of aryl methyl sites for hydroxylation is 1. The molecule has 6 heteroatoms. The first kappa shape index (κ1) is 18.7. The fraction of sp³-hybridized carbons (Fsp3) is 0.143. The van der Waals surface area contributed by atoms with Crippen LogP contribution in [0.1, 0.15) is 10.4 Å². The minimum Gasteiger partial charge on any atom is -0.493 e. The summed E-state index contributed by atoms with van der Waals surface area (Å²) in [5.74, 6) is 1.02. The number of ether oxygens (including phenoxy) is 2. The van der Waals surface area contributed by atoms with Gasteiger partial charge in [-0.25, -0.2) is 4.98 Å². The van der Waals surface area contributed by atoms with Gasteiger partial charge in [-0.2, -0.15) is 0 Å². The second-order valence-electron chi connectivity index (χ2n) is 5.73. The molecule has 0 saturated heterocycles. The van der Waals surface area contributed by atoms with Crippen molar-refractivity contribution in [2.24, 2.45) is 0 Å². The van der Waals surface area contributed by atoms with Crippen molar-refractivity contribution in [1.29, 1.82) is 0 Å². The largest absolute Gasteiger partial charge is 0.493 e. The number of rotatable bonds is 6. The fourth-order valence-electron chi connectivity index (χ4n) is 2.59. The molecule has 1 heterocycles. The van der Waals surface area contributed by atoms with Gasteiger partial charge in [-0.05, 0) is 30.7 Å². The van der Waals surface area contributed by atoms with Gasteiger partial charge in [-0.15, -0.1) is 11.3 Å². The molecule has 0 spiro atoms. The maximum absolute atomic E-state index is 12.2. The number of nitrogens with one attached hydrogen (secondary N) is 1. The Morgan fingerprint density at radius 1 is 1.07 bits per heavy atom. The molecule has 27 heavy (non-hydrogen) atoms. The van der Waals surface area contributed by atoms with E-state index < -0.39 is 0 Å². The van der Waals surface area contributed by atoms with E-state index in [9.17, 15) is 4.79 Å². The monoisotopic (exact) mass is 380 g/mol. The Balaban J connectivity index is 1.70. The lowest BCUT2D eigenvalue weighted by atomic mass is 10.1. The van der Waals surface area contributed by atoms with Crippen LogP contribution in [0, 0.1) is 6.92 Å². The first-order valence-electron chi connectivity index (χ1n) is 8.34. The molecule has 0 radical (unpaired) electrons. The highest BCUT2D eigenvalue weighted by Gasteiger charge is 2.11. The summed E-state index contributed by atoms with van der Waals surface area (Å²) in [4.78, 5) is 17.8. The predicted molar refractivity (Wildman–Crippen MR) is 109 cm³/mol. The summed E-state index contributed by atoms with van der Waals surface area (Å²) in [6.07, 6.45) is 3.19. The standard InChI is InChI=1S/C21H20N2O3S/c1-14-20(16-7-5-4-6-8-16)23-21(27-14)22-19(24)12-10-15-9-11-17(25-2)18(13-15)26-3/h4-13H,1-3H3,(H,22,23,24)/b12-10-. The van der Waals surface area contributed by atoms with Crippen LogP contribution in [0.3, 0.4) is 0 Å². The van der Waals surface area contributed by atoms with Crippen molar-refractivity contribution < 1.29 is 14.3 Å². The van der Waals surface area contributed by atoms with Crippen molar-refractivity contribution in [2.75, 3.05) is 19.5 Å². The van der Waals surface area contributed by atoms with E-state index in [4.69, 9.17) is 9.47 Å². The summed E-state index contributed by atoms with van der Waals surface area (Å²) in [6, 6.07) is 15.4. The number of carbonyl (C=O) groups excluding carboxylic acids is 1. The molecule has 1 N–H and O–H groups in total. The van der Waals surface area contributed by atoms with Crippen LogP contribution in [0.15, 0.2) is 54.6 Å². The first-order chi connectivity index (χ1) is 13.1. The summed E-state index contributed by atoms with van der Waals surface area (Å²) < 4.78 is 10.5. The highest BCUT2D eigenvalue weighted by atomic mass is 32.1. The topological polar surface area (TPSA) is 60.5 Å². The molecule has 1 aromatic heterocycles. The van der Waals surface area contributed by atoms with Gasteiger partial charge >= 0.3 is 0 Å². The Hall–Kier alpha value is -3.12. The molecule has 0 fully saturated rings. The second-order valence-corrected chi connectivity index (χ2v) is 6.93. The molecule has 5 nitrogen and oxygen atoms in total. The van der Waals surface area contributed by atoms with Gasteiger partial charge in [0.1, 0.15) is 0 Å². The Labute approximate surface area is 162 Å². The van der Waals surface area contributed by atoms with Gasteiger partial charge in [-0.3, -0.25) is 10.1 Å². The van der Waals surface area contributed by atoms with Gasteiger partial charge in [0.05, 0.1) is 19.9 Å². The van der Waals surface area contributed by atoms with Crippen LogP contribution in [-0.2, 0) is 4.79 Å². The molecule has 0 aliphatic carbocycles. The van der Waals surface area contributed by atoms with E-state index in [2.05, 4.69) is 10.3 Å². The van der Waals surface area contributed by atoms with E-state index in [1.54, 1.807) is 26.4 Å². The van der Waals surface area contributed by atoms with Gasteiger partial charge in [0.25, 0.3) is 0 Å². The molecule has 3 rings (SSSR count). The average molecular weight is 380 g/mol. The Bertz CT molecular complexity index is 965. The van der Waals surface area contributed by atoms with Gasteiger partial charge in [0, 0.05) is 16.5 Å². The second kappa shape index (κ2) is 8.51. The van der Waals surface area contributed by atoms with Crippen molar-refractivity contribution in [3.8, 4) is 22.8 Å². The van der Waals surface area contributed by atoms with Crippen molar-refractivity contribution in [1.82, 2.24) is 4.98 Å². The summed E-state index contributed by atoms with van der Waals surface area (Å²) >= 11 is 1.46. The zero-order valence-corrected chi connectivity index (χ0v) is 16.2. The van der Waals surface area contributed by atoms with Crippen LogP contribution < -0.4 is 14.8 Å². The van der Waals surface area contributed by atoms with E-state index in [-0.39, 0.29) is 5.91 Å². The minimum atomic E-state index is -0.238. The van der Waals surface area contributed by atoms with Crippen molar-refractivity contribution in [3.63, 3.8) is 0 Å². The molecule has 0 aliphatic heterocycles. The number of amides is 1. The number of hydrogen-bond donors (Lipinski definition) is 1. The molecule has 2 aromatic carbocycles. The third-order valence-electron chi connectivity index (χ3n) is 3.91. The maximum atomic E-state index is 12.2. The number of nitrogens with zero attached hydrogens (tertiary/aromatic N) is 1. The molecule has 1 amide bonds. The molecule has 0 unspecified atom stereocenters. The van der Waals surface area contributed by atoms with Crippen LogP contribution in [-0.4, -0.2) is 25.1 Å². The number of carbonyl (C=O) groups is 1. The fourth-order valence-corrected chi connectivity index (χ4v) is 3.43. The lowest BCUT2D eigenvalue weighted by Gasteiger charge is -2.07. The van der Waals surface area contributed by atoms with Crippen molar-refractivity contribution in [3.05, 3.63) is 65.0 Å². The number of methoxy groups -OCH3 is 2.